The molecule has 0 bridgehead atoms. The molecule has 1 aliphatic carbocycles. The molecular weight excluding hydrogens is 252 g/mol. The van der Waals surface area contributed by atoms with Crippen molar-refractivity contribution in [3.05, 3.63) is 0 Å². The summed E-state index contributed by atoms with van der Waals surface area (Å²) in [5.41, 5.74) is 0. The second-order valence-electron chi connectivity index (χ2n) is 5.17. The van der Waals surface area contributed by atoms with Crippen LogP contribution in [-0.2, 0) is 4.74 Å². The van der Waals surface area contributed by atoms with Gasteiger partial charge in [0.05, 0.1) is 0 Å². The van der Waals surface area contributed by atoms with Crippen LogP contribution < -0.4 is 0 Å². The lowest BCUT2D eigenvalue weighted by Gasteiger charge is -2.19. The minimum absolute atomic E-state index is 0.666. The van der Waals surface area contributed by atoms with E-state index in [-0.39, 0.29) is 0 Å². The van der Waals surface area contributed by atoms with Crippen LogP contribution in [0.5, 0.6) is 0 Å². The Labute approximate surface area is 103 Å². The molecule has 1 aliphatic rings. The predicted octanol–water partition coefficient (Wildman–Crippen LogP) is 4.39. The van der Waals surface area contributed by atoms with Crippen molar-refractivity contribution in [3.63, 3.8) is 0 Å². The third kappa shape index (κ3) is 5.91. The van der Waals surface area contributed by atoms with E-state index in [9.17, 15) is 0 Å². The Bertz CT molecular complexity index is 159. The second kappa shape index (κ2) is 7.67. The molecule has 0 heterocycles. The van der Waals surface area contributed by atoms with E-state index in [4.69, 9.17) is 4.74 Å². The van der Waals surface area contributed by atoms with Gasteiger partial charge in [0.25, 0.3) is 0 Å². The number of rotatable bonds is 5. The molecule has 0 aromatic carbocycles. The fourth-order valence-electron chi connectivity index (χ4n) is 2.22. The van der Waals surface area contributed by atoms with Gasteiger partial charge in [0.15, 0.2) is 0 Å². The number of hydrogen-bond acceptors (Lipinski definition) is 1. The molecule has 2 unspecified atom stereocenters. The molecule has 2 atom stereocenters. The van der Waals surface area contributed by atoms with Crippen molar-refractivity contribution in [2.75, 3.05) is 13.2 Å². The van der Waals surface area contributed by atoms with Gasteiger partial charge in [-0.25, -0.2) is 0 Å². The molecule has 0 amide bonds. The lowest BCUT2D eigenvalue weighted by molar-refractivity contribution is 0.0968. The summed E-state index contributed by atoms with van der Waals surface area (Å²) in [4.78, 5) is 0.739. The molecule has 1 fully saturated rings. The average molecular weight is 277 g/mol. The maximum absolute atomic E-state index is 5.67. The van der Waals surface area contributed by atoms with Gasteiger partial charge in [-0.1, -0.05) is 49.0 Å². The third-order valence-corrected chi connectivity index (χ3v) is 4.36. The zero-order valence-electron chi connectivity index (χ0n) is 10.2. The van der Waals surface area contributed by atoms with Crippen LogP contribution in [0, 0.1) is 11.8 Å². The van der Waals surface area contributed by atoms with Crippen LogP contribution in [-0.4, -0.2) is 18.0 Å². The molecule has 1 saturated carbocycles. The molecule has 15 heavy (non-hydrogen) atoms. The van der Waals surface area contributed by atoms with Gasteiger partial charge >= 0.3 is 0 Å². The molecule has 2 heteroatoms. The van der Waals surface area contributed by atoms with E-state index >= 15 is 0 Å². The first-order chi connectivity index (χ1) is 7.20. The molecule has 90 valence electrons. The summed E-state index contributed by atoms with van der Waals surface area (Å²) in [5, 5.41) is 0. The van der Waals surface area contributed by atoms with Crippen LogP contribution in [0.15, 0.2) is 0 Å². The summed E-state index contributed by atoms with van der Waals surface area (Å²) >= 11 is 3.83. The Morgan fingerprint density at radius 2 is 1.93 bits per heavy atom. The maximum Gasteiger partial charge on any atom is 0.0488 e. The highest BCUT2D eigenvalue weighted by Gasteiger charge is 2.20. The Hall–Kier alpha value is 0.440. The average Bonchev–Trinajstić information content (AvgIpc) is 2.38. The summed E-state index contributed by atoms with van der Waals surface area (Å²) < 4.78 is 5.67. The van der Waals surface area contributed by atoms with Crippen LogP contribution in [0.2, 0.25) is 0 Å². The fourth-order valence-corrected chi connectivity index (χ4v) is 3.07. The van der Waals surface area contributed by atoms with Crippen LogP contribution in [0.1, 0.15) is 52.4 Å². The zero-order valence-corrected chi connectivity index (χ0v) is 11.8. The van der Waals surface area contributed by atoms with E-state index in [2.05, 4.69) is 29.8 Å². The Balaban J connectivity index is 2.12. The predicted molar refractivity (Wildman–Crippen MR) is 69.6 cm³/mol. The van der Waals surface area contributed by atoms with Gasteiger partial charge in [-0.15, -0.1) is 0 Å². The van der Waals surface area contributed by atoms with E-state index in [1.165, 1.54) is 38.5 Å². The Kier molecular flexibility index (Phi) is 6.91. The molecule has 0 aliphatic heterocycles. The highest BCUT2D eigenvalue weighted by molar-refractivity contribution is 9.09. The van der Waals surface area contributed by atoms with Crippen LogP contribution in [0.3, 0.4) is 0 Å². The Morgan fingerprint density at radius 1 is 1.20 bits per heavy atom. The lowest BCUT2D eigenvalue weighted by atomic mass is 9.97. The van der Waals surface area contributed by atoms with Crippen molar-refractivity contribution >= 4 is 15.9 Å². The SMILES string of the molecule is CC(C)COCCC1CCCCCC1Br. The van der Waals surface area contributed by atoms with Gasteiger partial charge in [0, 0.05) is 18.0 Å². The van der Waals surface area contributed by atoms with Crippen molar-refractivity contribution in [3.8, 4) is 0 Å². The van der Waals surface area contributed by atoms with Crippen LogP contribution in [0.4, 0.5) is 0 Å². The molecule has 1 nitrogen and oxygen atoms in total. The first-order valence-electron chi connectivity index (χ1n) is 6.42. The van der Waals surface area contributed by atoms with E-state index in [0.29, 0.717) is 5.92 Å². The molecule has 0 spiro atoms. The highest BCUT2D eigenvalue weighted by Crippen LogP contribution is 2.30. The second-order valence-corrected chi connectivity index (χ2v) is 6.35. The van der Waals surface area contributed by atoms with Crippen molar-refractivity contribution in [2.45, 2.75) is 57.2 Å². The topological polar surface area (TPSA) is 9.23 Å². The molecule has 0 aromatic heterocycles. The van der Waals surface area contributed by atoms with Gasteiger partial charge < -0.3 is 4.74 Å². The van der Waals surface area contributed by atoms with Gasteiger partial charge in [0.1, 0.15) is 0 Å². The van der Waals surface area contributed by atoms with Crippen molar-refractivity contribution in [2.24, 2.45) is 11.8 Å². The van der Waals surface area contributed by atoms with Crippen molar-refractivity contribution in [1.29, 1.82) is 0 Å². The summed E-state index contributed by atoms with van der Waals surface area (Å²) in [7, 11) is 0. The largest absolute Gasteiger partial charge is 0.381 e. The van der Waals surface area contributed by atoms with Gasteiger partial charge in [0.2, 0.25) is 0 Å². The molecule has 0 aromatic rings. The lowest BCUT2D eigenvalue weighted by Crippen LogP contribution is -2.16. The summed E-state index contributed by atoms with van der Waals surface area (Å²) in [5.74, 6) is 1.51. The van der Waals surface area contributed by atoms with Crippen molar-refractivity contribution < 1.29 is 4.74 Å². The van der Waals surface area contributed by atoms with E-state index in [1.807, 2.05) is 0 Å². The van der Waals surface area contributed by atoms with Gasteiger partial charge in [-0.2, -0.15) is 0 Å². The first-order valence-corrected chi connectivity index (χ1v) is 7.33. The Morgan fingerprint density at radius 3 is 2.67 bits per heavy atom. The normalized spacial score (nSPS) is 28.0. The van der Waals surface area contributed by atoms with Gasteiger partial charge in [-0.05, 0) is 31.1 Å². The van der Waals surface area contributed by atoms with Gasteiger partial charge in [-0.3, -0.25) is 0 Å². The first kappa shape index (κ1) is 13.5. The van der Waals surface area contributed by atoms with E-state index in [1.54, 1.807) is 0 Å². The molecule has 1 rings (SSSR count). The van der Waals surface area contributed by atoms with E-state index in [0.717, 1.165) is 24.0 Å². The summed E-state index contributed by atoms with van der Waals surface area (Å²) in [6.45, 7) is 6.28. The van der Waals surface area contributed by atoms with Crippen LogP contribution in [0.25, 0.3) is 0 Å². The maximum atomic E-state index is 5.67. The third-order valence-electron chi connectivity index (χ3n) is 3.15. The number of alkyl halides is 1. The minimum atomic E-state index is 0.666. The summed E-state index contributed by atoms with van der Waals surface area (Å²) in [6.07, 6.45) is 8.22. The number of ether oxygens (including phenoxy) is 1. The summed E-state index contributed by atoms with van der Waals surface area (Å²) in [6, 6.07) is 0. The molecule has 0 radical (unpaired) electrons. The van der Waals surface area contributed by atoms with Crippen molar-refractivity contribution in [1.82, 2.24) is 0 Å². The monoisotopic (exact) mass is 276 g/mol. The standard InChI is InChI=1S/C13H25BrO/c1-11(2)10-15-9-8-12-6-4-3-5-7-13(12)14/h11-13H,3-10H2,1-2H3. The molecule has 0 N–H and O–H groups in total. The number of hydrogen-bond donors (Lipinski definition) is 0. The quantitative estimate of drug-likeness (QED) is 0.411. The fraction of sp³-hybridized carbons (Fsp3) is 1.00. The molecule has 0 saturated heterocycles. The number of halogens is 1. The van der Waals surface area contributed by atoms with E-state index < -0.39 is 0 Å². The minimum Gasteiger partial charge on any atom is -0.381 e. The zero-order chi connectivity index (χ0) is 11.1. The highest BCUT2D eigenvalue weighted by atomic mass is 79.9. The van der Waals surface area contributed by atoms with Crippen LogP contribution >= 0.6 is 15.9 Å². The smallest absolute Gasteiger partial charge is 0.0488 e. The molecular formula is C13H25BrO.